The summed E-state index contributed by atoms with van der Waals surface area (Å²) < 4.78 is 1.28. The Morgan fingerprint density at radius 3 is 1.82 bits per heavy atom. The van der Waals surface area contributed by atoms with Gasteiger partial charge in [0.25, 0.3) is 0 Å². The molecule has 44 heavy (non-hydrogen) atoms. The standard InChI is InChI=1S/C39H24N4S/c1-3-14-26(15-4-1)37-40-38(27-16-5-2-6-17-27)42-39(41-37)43-31-21-11-9-19-29(31)34-30-20-10-12-22-33(30)44-36(34)35-28-18-8-7-13-25(28)23-24-32(35)43/h1-24H. The highest BCUT2D eigenvalue weighted by molar-refractivity contribution is 7.23. The van der Waals surface area contributed by atoms with Crippen LogP contribution in [0, 0.1) is 0 Å². The summed E-state index contributed by atoms with van der Waals surface area (Å²) in [4.78, 5) is 18.8. The smallest absolute Gasteiger partial charge is 0.238 e. The van der Waals surface area contributed by atoms with Crippen LogP contribution in [0.25, 0.3) is 65.2 Å². The third-order valence-electron chi connectivity index (χ3n) is 8.27. The van der Waals surface area contributed by atoms with Gasteiger partial charge in [0.05, 0.1) is 11.4 Å². The molecule has 0 radical (unpaired) electrons. The molecule has 5 heteroatoms. The summed E-state index contributed by atoms with van der Waals surface area (Å²) in [6.45, 7) is 0. The normalized spacial score (nSPS) is 12.0. The van der Waals surface area contributed by atoms with E-state index in [4.69, 9.17) is 15.0 Å². The Morgan fingerprint density at radius 2 is 1.07 bits per heavy atom. The number of fused-ring (bicyclic) bond motifs is 9. The summed E-state index contributed by atoms with van der Waals surface area (Å²) in [6, 6.07) is 50.8. The molecular formula is C39H24N4S. The van der Waals surface area contributed by atoms with Crippen molar-refractivity contribution < 1.29 is 0 Å². The van der Waals surface area contributed by atoms with Gasteiger partial charge in [0.1, 0.15) is 0 Å². The number of benzene rings is 6. The van der Waals surface area contributed by atoms with Crippen LogP contribution in [0.4, 0.5) is 17.3 Å². The van der Waals surface area contributed by atoms with Crippen molar-refractivity contribution in [2.45, 2.75) is 0 Å². The third-order valence-corrected chi connectivity index (χ3v) is 9.46. The number of anilines is 3. The van der Waals surface area contributed by atoms with Crippen molar-refractivity contribution in [3.8, 4) is 44.3 Å². The van der Waals surface area contributed by atoms with E-state index >= 15 is 0 Å². The Morgan fingerprint density at radius 1 is 0.455 bits per heavy atom. The minimum atomic E-state index is 0.584. The molecular weight excluding hydrogens is 557 g/mol. The van der Waals surface area contributed by atoms with E-state index in [1.54, 1.807) is 0 Å². The second kappa shape index (κ2) is 9.97. The number of rotatable bonds is 3. The van der Waals surface area contributed by atoms with Crippen LogP contribution in [0.5, 0.6) is 0 Å². The Bertz CT molecular complexity index is 2290. The summed E-state index contributed by atoms with van der Waals surface area (Å²) in [7, 11) is 0. The van der Waals surface area contributed by atoms with Crippen LogP contribution >= 0.6 is 11.3 Å². The van der Waals surface area contributed by atoms with Crippen LogP contribution in [0.15, 0.2) is 146 Å². The van der Waals surface area contributed by atoms with Crippen molar-refractivity contribution >= 4 is 49.5 Å². The van der Waals surface area contributed by atoms with Crippen LogP contribution in [-0.4, -0.2) is 15.0 Å². The van der Waals surface area contributed by atoms with E-state index in [1.165, 1.54) is 36.9 Å². The molecule has 2 aromatic heterocycles. The number of para-hydroxylation sites is 1. The van der Waals surface area contributed by atoms with E-state index in [-0.39, 0.29) is 0 Å². The summed E-state index contributed by atoms with van der Waals surface area (Å²) in [5.74, 6) is 1.86. The predicted molar refractivity (Wildman–Crippen MR) is 183 cm³/mol. The zero-order valence-electron chi connectivity index (χ0n) is 23.6. The van der Waals surface area contributed by atoms with Gasteiger partial charge in [0.2, 0.25) is 5.95 Å². The number of nitrogens with zero attached hydrogens (tertiary/aromatic N) is 4. The second-order valence-corrected chi connectivity index (χ2v) is 11.9. The molecule has 0 amide bonds. The minimum absolute atomic E-state index is 0.584. The van der Waals surface area contributed by atoms with Crippen LogP contribution in [0.3, 0.4) is 0 Å². The van der Waals surface area contributed by atoms with Gasteiger partial charge < -0.3 is 0 Å². The zero-order valence-corrected chi connectivity index (χ0v) is 24.4. The fourth-order valence-electron chi connectivity index (χ4n) is 6.30. The van der Waals surface area contributed by atoms with Crippen LogP contribution in [0.1, 0.15) is 0 Å². The van der Waals surface area contributed by atoms with Gasteiger partial charge in [-0.2, -0.15) is 9.97 Å². The highest BCUT2D eigenvalue weighted by Crippen LogP contribution is 2.56. The van der Waals surface area contributed by atoms with Crippen LogP contribution < -0.4 is 4.90 Å². The molecule has 8 aromatic rings. The van der Waals surface area contributed by atoms with Crippen LogP contribution in [-0.2, 0) is 0 Å². The van der Waals surface area contributed by atoms with E-state index in [0.717, 1.165) is 28.1 Å². The first-order chi connectivity index (χ1) is 21.8. The Labute approximate surface area is 258 Å². The lowest BCUT2D eigenvalue weighted by atomic mass is 9.96. The van der Waals surface area contributed by atoms with E-state index < -0.39 is 0 Å². The highest BCUT2D eigenvalue weighted by Gasteiger charge is 2.32. The predicted octanol–water partition coefficient (Wildman–Crippen LogP) is 10.7. The van der Waals surface area contributed by atoms with Crippen molar-refractivity contribution in [2.24, 2.45) is 0 Å². The summed E-state index contributed by atoms with van der Waals surface area (Å²) in [5.41, 5.74) is 7.57. The first kappa shape index (κ1) is 24.9. The molecule has 0 bridgehead atoms. The first-order valence-corrected chi connectivity index (χ1v) is 15.5. The number of thiophene rings is 1. The van der Waals surface area contributed by atoms with Gasteiger partial charge >= 0.3 is 0 Å². The summed E-state index contributed by atoms with van der Waals surface area (Å²) in [5, 5.41) is 3.66. The molecule has 0 unspecified atom stereocenters. The van der Waals surface area contributed by atoms with E-state index in [2.05, 4.69) is 114 Å². The molecule has 6 aromatic carbocycles. The molecule has 1 aliphatic heterocycles. The minimum Gasteiger partial charge on any atom is -0.278 e. The average molecular weight is 581 g/mol. The van der Waals surface area contributed by atoms with Crippen molar-refractivity contribution in [1.82, 2.24) is 15.0 Å². The van der Waals surface area contributed by atoms with Gasteiger partial charge in [-0.05, 0) is 29.0 Å². The molecule has 0 fully saturated rings. The highest BCUT2D eigenvalue weighted by atomic mass is 32.1. The molecule has 0 N–H and O–H groups in total. The average Bonchev–Trinajstić information content (AvgIpc) is 3.42. The Kier molecular flexibility index (Phi) is 5.64. The van der Waals surface area contributed by atoms with Gasteiger partial charge in [-0.1, -0.05) is 127 Å². The maximum absolute atomic E-state index is 5.19. The topological polar surface area (TPSA) is 41.9 Å². The van der Waals surface area contributed by atoms with E-state index in [1.807, 2.05) is 47.7 Å². The van der Waals surface area contributed by atoms with Gasteiger partial charge in [0, 0.05) is 42.8 Å². The Hall–Kier alpha value is -5.65. The Balaban J connectivity index is 1.41. The molecule has 0 aliphatic carbocycles. The fourth-order valence-corrected chi connectivity index (χ4v) is 7.58. The van der Waals surface area contributed by atoms with Gasteiger partial charge in [-0.15, -0.1) is 11.3 Å². The van der Waals surface area contributed by atoms with E-state index in [0.29, 0.717) is 17.6 Å². The molecule has 1 aliphatic rings. The maximum Gasteiger partial charge on any atom is 0.238 e. The zero-order chi connectivity index (χ0) is 29.0. The van der Waals surface area contributed by atoms with Crippen molar-refractivity contribution in [1.29, 1.82) is 0 Å². The SMILES string of the molecule is c1ccc(-c2nc(-c3ccccc3)nc(N3c4ccccc4-c4c(sc5ccccc45)-c4c3ccc3ccccc43)n2)cc1. The monoisotopic (exact) mass is 580 g/mol. The molecule has 0 saturated heterocycles. The molecule has 206 valence electrons. The molecule has 3 heterocycles. The molecule has 0 atom stereocenters. The maximum atomic E-state index is 5.19. The third kappa shape index (κ3) is 3.87. The summed E-state index contributed by atoms with van der Waals surface area (Å²) in [6.07, 6.45) is 0. The van der Waals surface area contributed by atoms with Crippen molar-refractivity contribution in [3.05, 3.63) is 146 Å². The number of hydrogen-bond acceptors (Lipinski definition) is 5. The lowest BCUT2D eigenvalue weighted by Crippen LogP contribution is -2.16. The van der Waals surface area contributed by atoms with Gasteiger partial charge in [-0.25, -0.2) is 4.98 Å². The summed E-state index contributed by atoms with van der Waals surface area (Å²) >= 11 is 1.85. The molecule has 0 spiro atoms. The van der Waals surface area contributed by atoms with Gasteiger partial charge in [-0.3, -0.25) is 4.90 Å². The van der Waals surface area contributed by atoms with E-state index in [9.17, 15) is 0 Å². The molecule has 0 saturated carbocycles. The number of aromatic nitrogens is 3. The fraction of sp³-hybridized carbons (Fsp3) is 0. The lowest BCUT2D eigenvalue weighted by Gasteiger charge is -2.26. The van der Waals surface area contributed by atoms with Gasteiger partial charge in [0.15, 0.2) is 11.6 Å². The quantitative estimate of drug-likeness (QED) is 0.208. The largest absolute Gasteiger partial charge is 0.278 e. The van der Waals surface area contributed by atoms with Crippen LogP contribution in [0.2, 0.25) is 0 Å². The molecule has 4 nitrogen and oxygen atoms in total. The second-order valence-electron chi connectivity index (χ2n) is 10.9. The molecule has 9 rings (SSSR count). The number of hydrogen-bond donors (Lipinski definition) is 0. The van der Waals surface area contributed by atoms with Crippen molar-refractivity contribution in [3.63, 3.8) is 0 Å². The first-order valence-electron chi connectivity index (χ1n) is 14.6. The van der Waals surface area contributed by atoms with Crippen molar-refractivity contribution in [2.75, 3.05) is 4.90 Å². The lowest BCUT2D eigenvalue weighted by molar-refractivity contribution is 1.02.